The van der Waals surface area contributed by atoms with Crippen LogP contribution >= 0.6 is 0 Å². The van der Waals surface area contributed by atoms with Gasteiger partial charge in [-0.15, -0.1) is 0 Å². The number of amides is 1. The van der Waals surface area contributed by atoms with E-state index in [4.69, 9.17) is 5.73 Å². The first-order valence-electron chi connectivity index (χ1n) is 5.21. The van der Waals surface area contributed by atoms with Crippen molar-refractivity contribution in [1.29, 1.82) is 0 Å². The Kier molecular flexibility index (Phi) is 3.95. The van der Waals surface area contributed by atoms with Gasteiger partial charge in [-0.3, -0.25) is 4.79 Å². The molecule has 1 atom stereocenters. The van der Waals surface area contributed by atoms with Gasteiger partial charge >= 0.3 is 0 Å². The van der Waals surface area contributed by atoms with Gasteiger partial charge in [0.25, 0.3) is 0 Å². The minimum Gasteiger partial charge on any atom is -0.349 e. The van der Waals surface area contributed by atoms with Gasteiger partial charge in [-0.1, -0.05) is 20.8 Å². The molecule has 0 aliphatic rings. The molecule has 1 heterocycles. The third-order valence-corrected chi connectivity index (χ3v) is 2.29. The predicted octanol–water partition coefficient (Wildman–Crippen LogP) is 0.466. The van der Waals surface area contributed by atoms with Gasteiger partial charge in [0.2, 0.25) is 5.91 Å². The van der Waals surface area contributed by atoms with Crippen LogP contribution in [0.15, 0.2) is 18.3 Å². The zero-order valence-corrected chi connectivity index (χ0v) is 9.90. The average Bonchev–Trinajstić information content (AvgIpc) is 2.25. The van der Waals surface area contributed by atoms with Crippen molar-refractivity contribution in [3.8, 4) is 0 Å². The molecule has 16 heavy (non-hydrogen) atoms. The highest BCUT2D eigenvalue weighted by atomic mass is 16.2. The molecule has 0 bridgehead atoms. The molecular formula is C11H18N4O. The molecule has 1 amide bonds. The number of nitrogens with two attached hydrogens (primary N) is 1. The van der Waals surface area contributed by atoms with Crippen molar-refractivity contribution in [2.45, 2.75) is 33.4 Å². The Morgan fingerprint density at radius 2 is 2.25 bits per heavy atom. The molecule has 0 aliphatic carbocycles. The summed E-state index contributed by atoms with van der Waals surface area (Å²) >= 11 is 0. The summed E-state index contributed by atoms with van der Waals surface area (Å²) in [6.45, 7) is 6.15. The van der Waals surface area contributed by atoms with E-state index in [9.17, 15) is 4.79 Å². The van der Waals surface area contributed by atoms with Crippen LogP contribution in [0.25, 0.3) is 0 Å². The summed E-state index contributed by atoms with van der Waals surface area (Å²) in [6, 6.07) is 3.05. The van der Waals surface area contributed by atoms with Crippen molar-refractivity contribution < 1.29 is 4.79 Å². The highest BCUT2D eigenvalue weighted by Crippen LogP contribution is 2.17. The number of rotatable bonds is 3. The van der Waals surface area contributed by atoms with Crippen molar-refractivity contribution >= 4 is 5.91 Å². The Morgan fingerprint density at radius 1 is 1.56 bits per heavy atom. The van der Waals surface area contributed by atoms with Gasteiger partial charge in [-0.25, -0.2) is 0 Å². The molecular weight excluding hydrogens is 204 g/mol. The van der Waals surface area contributed by atoms with E-state index in [1.807, 2.05) is 20.8 Å². The molecule has 0 saturated carbocycles. The molecule has 1 unspecified atom stereocenters. The molecule has 5 nitrogen and oxygen atoms in total. The summed E-state index contributed by atoms with van der Waals surface area (Å²) in [6.07, 6.45) is 1.59. The number of aromatic nitrogens is 2. The number of carbonyl (C=O) groups is 1. The van der Waals surface area contributed by atoms with E-state index >= 15 is 0 Å². The number of hydrogen-bond acceptors (Lipinski definition) is 4. The number of hydrogen-bond donors (Lipinski definition) is 2. The zero-order chi connectivity index (χ0) is 12.2. The fourth-order valence-corrected chi connectivity index (χ4v) is 1.11. The predicted molar refractivity (Wildman–Crippen MR) is 61.3 cm³/mol. The molecule has 1 aromatic rings. The molecule has 0 aromatic carbocycles. The second-order valence-corrected chi connectivity index (χ2v) is 4.78. The Labute approximate surface area is 95.4 Å². The minimum atomic E-state index is -0.524. The SMILES string of the molecule is CC(C)(C)C(N)C(=O)NCc1cccnn1. The van der Waals surface area contributed by atoms with Crippen LogP contribution in [0, 0.1) is 5.41 Å². The lowest BCUT2D eigenvalue weighted by atomic mass is 9.87. The zero-order valence-electron chi connectivity index (χ0n) is 9.90. The quantitative estimate of drug-likeness (QED) is 0.778. The highest BCUT2D eigenvalue weighted by Gasteiger charge is 2.27. The maximum Gasteiger partial charge on any atom is 0.237 e. The monoisotopic (exact) mass is 222 g/mol. The second-order valence-electron chi connectivity index (χ2n) is 4.78. The molecule has 0 spiro atoms. The molecule has 3 N–H and O–H groups in total. The third-order valence-electron chi connectivity index (χ3n) is 2.29. The maximum absolute atomic E-state index is 11.7. The fraction of sp³-hybridized carbons (Fsp3) is 0.545. The number of nitrogens with zero attached hydrogens (tertiary/aromatic N) is 2. The summed E-state index contributed by atoms with van der Waals surface area (Å²) in [5, 5.41) is 10.3. The van der Waals surface area contributed by atoms with Gasteiger partial charge in [0.15, 0.2) is 0 Å². The lowest BCUT2D eigenvalue weighted by Crippen LogP contribution is -2.48. The lowest BCUT2D eigenvalue weighted by Gasteiger charge is -2.25. The van der Waals surface area contributed by atoms with E-state index in [-0.39, 0.29) is 11.3 Å². The largest absolute Gasteiger partial charge is 0.349 e. The second kappa shape index (κ2) is 5.03. The molecule has 0 saturated heterocycles. The number of carbonyl (C=O) groups excluding carboxylic acids is 1. The first kappa shape index (κ1) is 12.6. The molecule has 88 valence electrons. The summed E-state index contributed by atoms with van der Waals surface area (Å²) in [5.74, 6) is -0.168. The van der Waals surface area contributed by atoms with E-state index in [0.717, 1.165) is 5.69 Å². The van der Waals surface area contributed by atoms with Gasteiger partial charge in [0.05, 0.1) is 18.3 Å². The van der Waals surface area contributed by atoms with Gasteiger partial charge in [0.1, 0.15) is 0 Å². The standard InChI is InChI=1S/C11H18N4O/c1-11(2,3)9(12)10(16)13-7-8-5-4-6-14-15-8/h4-6,9H,7,12H2,1-3H3,(H,13,16). The summed E-state index contributed by atoms with van der Waals surface area (Å²) in [7, 11) is 0. The molecule has 0 fully saturated rings. The Hall–Kier alpha value is -1.49. The van der Waals surface area contributed by atoms with Crippen LogP contribution < -0.4 is 11.1 Å². The van der Waals surface area contributed by atoms with E-state index in [0.29, 0.717) is 6.54 Å². The fourth-order valence-electron chi connectivity index (χ4n) is 1.11. The first-order valence-corrected chi connectivity index (χ1v) is 5.21. The van der Waals surface area contributed by atoms with E-state index < -0.39 is 6.04 Å². The van der Waals surface area contributed by atoms with Crippen LogP contribution in [0.4, 0.5) is 0 Å². The van der Waals surface area contributed by atoms with E-state index in [1.54, 1.807) is 18.3 Å². The van der Waals surface area contributed by atoms with Crippen LogP contribution in [0.2, 0.25) is 0 Å². The van der Waals surface area contributed by atoms with Gasteiger partial charge in [-0.2, -0.15) is 10.2 Å². The van der Waals surface area contributed by atoms with Crippen LogP contribution in [0.5, 0.6) is 0 Å². The number of nitrogens with one attached hydrogen (secondary N) is 1. The third kappa shape index (κ3) is 3.58. The Bertz CT molecular complexity index is 345. The van der Waals surface area contributed by atoms with Crippen LogP contribution in [-0.4, -0.2) is 22.1 Å². The van der Waals surface area contributed by atoms with Crippen molar-refractivity contribution in [2.24, 2.45) is 11.1 Å². The van der Waals surface area contributed by atoms with Crippen LogP contribution in [0.1, 0.15) is 26.5 Å². The smallest absolute Gasteiger partial charge is 0.237 e. The molecule has 0 radical (unpaired) electrons. The summed E-state index contributed by atoms with van der Waals surface area (Å²) in [4.78, 5) is 11.7. The average molecular weight is 222 g/mol. The molecule has 5 heteroatoms. The highest BCUT2D eigenvalue weighted by molar-refractivity contribution is 5.82. The maximum atomic E-state index is 11.7. The summed E-state index contributed by atoms with van der Waals surface area (Å²) in [5.41, 5.74) is 6.29. The molecule has 1 rings (SSSR count). The normalized spacial score (nSPS) is 13.2. The van der Waals surface area contributed by atoms with Gasteiger partial charge in [-0.05, 0) is 17.5 Å². The van der Waals surface area contributed by atoms with Gasteiger partial charge < -0.3 is 11.1 Å². The van der Waals surface area contributed by atoms with Crippen LogP contribution in [0.3, 0.4) is 0 Å². The van der Waals surface area contributed by atoms with Crippen molar-refractivity contribution in [2.75, 3.05) is 0 Å². The molecule has 0 aliphatic heterocycles. The summed E-state index contributed by atoms with van der Waals surface area (Å²) < 4.78 is 0. The van der Waals surface area contributed by atoms with Gasteiger partial charge in [0, 0.05) is 6.20 Å². The molecule has 1 aromatic heterocycles. The van der Waals surface area contributed by atoms with Crippen LogP contribution in [-0.2, 0) is 11.3 Å². The first-order chi connectivity index (χ1) is 7.41. The van der Waals surface area contributed by atoms with Crippen molar-refractivity contribution in [3.63, 3.8) is 0 Å². The van der Waals surface area contributed by atoms with E-state index in [2.05, 4.69) is 15.5 Å². The minimum absolute atomic E-state index is 0.168. The Balaban J connectivity index is 2.48. The topological polar surface area (TPSA) is 80.9 Å². The Morgan fingerprint density at radius 3 is 2.75 bits per heavy atom. The van der Waals surface area contributed by atoms with Crippen molar-refractivity contribution in [1.82, 2.24) is 15.5 Å². The lowest BCUT2D eigenvalue weighted by molar-refractivity contribution is -0.124. The van der Waals surface area contributed by atoms with E-state index in [1.165, 1.54) is 0 Å². The van der Waals surface area contributed by atoms with Crippen molar-refractivity contribution in [3.05, 3.63) is 24.0 Å².